The molecule has 1 aliphatic rings. The second-order valence-electron chi connectivity index (χ2n) is 7.40. The molecule has 1 saturated heterocycles. The summed E-state index contributed by atoms with van der Waals surface area (Å²) in [5.74, 6) is 0.832. The van der Waals surface area contributed by atoms with Gasteiger partial charge in [-0.15, -0.1) is 0 Å². The van der Waals surface area contributed by atoms with Crippen molar-refractivity contribution < 1.29 is 22.7 Å². The number of amides is 2. The van der Waals surface area contributed by atoms with Crippen molar-refractivity contribution in [1.82, 2.24) is 19.4 Å². The summed E-state index contributed by atoms with van der Waals surface area (Å²) in [5.41, 5.74) is 0.852. The molecule has 1 fully saturated rings. The van der Waals surface area contributed by atoms with Crippen LogP contribution in [0.15, 0.2) is 42.6 Å². The van der Waals surface area contributed by atoms with Gasteiger partial charge in [0.15, 0.2) is 5.65 Å². The molecule has 0 saturated carbocycles. The predicted octanol–water partition coefficient (Wildman–Crippen LogP) is 4.12. The highest BCUT2D eigenvalue weighted by Gasteiger charge is 2.33. The zero-order valence-electron chi connectivity index (χ0n) is 16.9. The fourth-order valence-electron chi connectivity index (χ4n) is 3.82. The number of urea groups is 1. The van der Waals surface area contributed by atoms with Gasteiger partial charge in [-0.2, -0.15) is 13.2 Å². The number of carbonyl (C=O) groups is 1. The van der Waals surface area contributed by atoms with Gasteiger partial charge in [0.05, 0.1) is 12.2 Å². The molecule has 31 heavy (non-hydrogen) atoms. The molecule has 1 aromatic carbocycles. The Morgan fingerprint density at radius 1 is 1.29 bits per heavy atom. The van der Waals surface area contributed by atoms with Crippen molar-refractivity contribution in [2.45, 2.75) is 25.1 Å². The zero-order chi connectivity index (χ0) is 22.0. The van der Waals surface area contributed by atoms with Gasteiger partial charge in [0.2, 0.25) is 0 Å². The van der Waals surface area contributed by atoms with Crippen LogP contribution in [-0.2, 0) is 17.5 Å². The molecule has 0 spiro atoms. The third kappa shape index (κ3) is 4.48. The number of rotatable bonds is 5. The van der Waals surface area contributed by atoms with Crippen LogP contribution in [0, 0.1) is 0 Å². The normalized spacial score (nSPS) is 16.8. The molecule has 0 radical (unpaired) electrons. The number of nitrogens with zero attached hydrogens (tertiary/aromatic N) is 4. The predicted molar refractivity (Wildman–Crippen MR) is 109 cm³/mol. The van der Waals surface area contributed by atoms with E-state index >= 15 is 0 Å². The number of anilines is 1. The molecule has 1 aliphatic heterocycles. The van der Waals surface area contributed by atoms with Crippen LogP contribution in [-0.4, -0.2) is 52.3 Å². The largest absolute Gasteiger partial charge is 0.416 e. The Morgan fingerprint density at radius 3 is 2.90 bits per heavy atom. The van der Waals surface area contributed by atoms with Crippen molar-refractivity contribution >= 4 is 22.9 Å². The molecular weight excluding hydrogens is 411 g/mol. The number of alkyl halides is 3. The Kier molecular flexibility index (Phi) is 5.81. The van der Waals surface area contributed by atoms with Crippen molar-refractivity contribution in [2.75, 3.05) is 32.1 Å². The Labute approximate surface area is 176 Å². The highest BCUT2D eigenvalue weighted by Crippen LogP contribution is 2.32. The number of ether oxygens (including phenoxy) is 1. The molecule has 0 bridgehead atoms. The van der Waals surface area contributed by atoms with Crippen LogP contribution in [0.5, 0.6) is 0 Å². The second kappa shape index (κ2) is 8.54. The maximum absolute atomic E-state index is 12.9. The average Bonchev–Trinajstić information content (AvgIpc) is 3.37. The van der Waals surface area contributed by atoms with E-state index in [4.69, 9.17) is 9.72 Å². The summed E-state index contributed by atoms with van der Waals surface area (Å²) < 4.78 is 46.0. The smallest absolute Gasteiger partial charge is 0.383 e. The van der Waals surface area contributed by atoms with Gasteiger partial charge in [0, 0.05) is 44.5 Å². The van der Waals surface area contributed by atoms with Crippen LogP contribution in [0.1, 0.15) is 23.7 Å². The van der Waals surface area contributed by atoms with Crippen molar-refractivity contribution in [2.24, 2.45) is 0 Å². The fourth-order valence-corrected chi connectivity index (χ4v) is 3.82. The molecule has 3 heterocycles. The summed E-state index contributed by atoms with van der Waals surface area (Å²) in [6.45, 7) is 1.99. The third-order valence-electron chi connectivity index (χ3n) is 5.33. The Hall–Kier alpha value is -3.14. The number of fused-ring (bicyclic) bond motifs is 1. The highest BCUT2D eigenvalue weighted by atomic mass is 19.4. The maximum Gasteiger partial charge on any atom is 0.416 e. The van der Waals surface area contributed by atoms with Crippen LogP contribution in [0.3, 0.4) is 0 Å². The van der Waals surface area contributed by atoms with Crippen LogP contribution < -0.4 is 5.32 Å². The van der Waals surface area contributed by atoms with Crippen molar-refractivity contribution in [1.29, 1.82) is 0 Å². The molecule has 1 unspecified atom stereocenters. The van der Waals surface area contributed by atoms with Gasteiger partial charge in [-0.3, -0.25) is 0 Å². The van der Waals surface area contributed by atoms with E-state index in [1.165, 1.54) is 12.1 Å². The van der Waals surface area contributed by atoms with E-state index in [0.29, 0.717) is 32.7 Å². The molecule has 3 aromatic rings. The minimum absolute atomic E-state index is 0.00156. The number of likely N-dealkylation sites (tertiary alicyclic amines) is 1. The summed E-state index contributed by atoms with van der Waals surface area (Å²) in [6, 6.07) is 7.90. The van der Waals surface area contributed by atoms with E-state index in [2.05, 4.69) is 10.3 Å². The van der Waals surface area contributed by atoms with E-state index in [1.807, 2.05) is 16.7 Å². The number of nitrogens with one attached hydrogen (secondary N) is 1. The molecule has 2 amide bonds. The first-order valence-corrected chi connectivity index (χ1v) is 9.90. The Bertz CT molecular complexity index is 1080. The molecule has 4 rings (SSSR count). The number of halogens is 3. The topological polar surface area (TPSA) is 72.3 Å². The van der Waals surface area contributed by atoms with Crippen molar-refractivity contribution in [3.05, 3.63) is 54.0 Å². The minimum atomic E-state index is -4.46. The Morgan fingerprint density at radius 2 is 2.13 bits per heavy atom. The minimum Gasteiger partial charge on any atom is -0.383 e. The molecule has 10 heteroatoms. The number of pyridine rings is 1. The van der Waals surface area contributed by atoms with Gasteiger partial charge < -0.3 is 19.5 Å². The third-order valence-corrected chi connectivity index (χ3v) is 5.33. The van der Waals surface area contributed by atoms with Crippen LogP contribution in [0.2, 0.25) is 0 Å². The van der Waals surface area contributed by atoms with Crippen LogP contribution in [0.4, 0.5) is 23.7 Å². The van der Waals surface area contributed by atoms with Gasteiger partial charge in [-0.1, -0.05) is 6.07 Å². The number of benzene rings is 1. The van der Waals surface area contributed by atoms with Gasteiger partial charge in [0.25, 0.3) is 0 Å². The SMILES string of the molecule is COCCn1c(C2CCN(C(=O)Nc3cccc(C(F)(F)F)c3)C2)nc2cccnc21. The lowest BCUT2D eigenvalue weighted by Crippen LogP contribution is -2.33. The number of methoxy groups -OCH3 is 1. The first-order valence-electron chi connectivity index (χ1n) is 9.90. The standard InChI is InChI=1S/C21H22F3N5O2/c1-31-11-10-29-18(27-17-6-3-8-25-19(17)29)14-7-9-28(13-14)20(30)26-16-5-2-4-15(12-16)21(22,23)24/h2-6,8,12,14H,7,9-11,13H2,1H3,(H,26,30). The second-order valence-corrected chi connectivity index (χ2v) is 7.40. The molecule has 2 aromatic heterocycles. The first kappa shape index (κ1) is 21.1. The number of imidazole rings is 1. The number of carbonyl (C=O) groups excluding carboxylic acids is 1. The fraction of sp³-hybridized carbons (Fsp3) is 0.381. The summed E-state index contributed by atoms with van der Waals surface area (Å²) in [7, 11) is 1.63. The van der Waals surface area contributed by atoms with E-state index in [1.54, 1.807) is 18.2 Å². The van der Waals surface area contributed by atoms with E-state index in [-0.39, 0.29) is 11.6 Å². The molecular formula is C21H22F3N5O2. The first-order chi connectivity index (χ1) is 14.9. The van der Waals surface area contributed by atoms with Crippen LogP contribution >= 0.6 is 0 Å². The molecule has 7 nitrogen and oxygen atoms in total. The van der Waals surface area contributed by atoms with Gasteiger partial charge in [-0.05, 0) is 36.8 Å². The summed E-state index contributed by atoms with van der Waals surface area (Å²) >= 11 is 0. The average molecular weight is 433 g/mol. The molecule has 1 atom stereocenters. The van der Waals surface area contributed by atoms with Crippen LogP contribution in [0.25, 0.3) is 11.2 Å². The molecule has 0 aliphatic carbocycles. The monoisotopic (exact) mass is 433 g/mol. The van der Waals surface area contributed by atoms with E-state index in [9.17, 15) is 18.0 Å². The van der Waals surface area contributed by atoms with Crippen molar-refractivity contribution in [3.63, 3.8) is 0 Å². The maximum atomic E-state index is 12.9. The van der Waals surface area contributed by atoms with Gasteiger partial charge in [-0.25, -0.2) is 14.8 Å². The summed E-state index contributed by atoms with van der Waals surface area (Å²) in [4.78, 5) is 23.4. The molecule has 1 N–H and O–H groups in total. The lowest BCUT2D eigenvalue weighted by Gasteiger charge is -2.18. The quantitative estimate of drug-likeness (QED) is 0.657. The van der Waals surface area contributed by atoms with Gasteiger partial charge in [0.1, 0.15) is 11.3 Å². The number of hydrogen-bond donors (Lipinski definition) is 1. The van der Waals surface area contributed by atoms with Gasteiger partial charge >= 0.3 is 12.2 Å². The number of hydrogen-bond acceptors (Lipinski definition) is 4. The molecule has 164 valence electrons. The van der Waals surface area contributed by atoms with E-state index < -0.39 is 17.8 Å². The van der Waals surface area contributed by atoms with E-state index in [0.717, 1.165) is 29.1 Å². The summed E-state index contributed by atoms with van der Waals surface area (Å²) in [5, 5.41) is 2.57. The Balaban J connectivity index is 1.49. The lowest BCUT2D eigenvalue weighted by atomic mass is 10.1. The number of aromatic nitrogens is 3. The lowest BCUT2D eigenvalue weighted by molar-refractivity contribution is -0.137. The zero-order valence-corrected chi connectivity index (χ0v) is 16.9. The van der Waals surface area contributed by atoms with Crippen molar-refractivity contribution in [3.8, 4) is 0 Å². The summed E-state index contributed by atoms with van der Waals surface area (Å²) in [6.07, 6.45) is -2.05. The highest BCUT2D eigenvalue weighted by molar-refractivity contribution is 5.89.